The largest absolute Gasteiger partial charge is 0.329 e. The van der Waals surface area contributed by atoms with Crippen LogP contribution in [0.15, 0.2) is 29.2 Å². The summed E-state index contributed by atoms with van der Waals surface area (Å²) in [6.45, 7) is 6.30. The fraction of sp³-hybridized carbons (Fsp3) is 0.600. The van der Waals surface area contributed by atoms with E-state index >= 15 is 0 Å². The van der Waals surface area contributed by atoms with E-state index in [2.05, 4.69) is 56.3 Å². The zero-order valence-corrected chi connectivity index (χ0v) is 12.8. The van der Waals surface area contributed by atoms with Crippen molar-refractivity contribution in [3.8, 4) is 0 Å². The molecule has 2 nitrogen and oxygen atoms in total. The molecule has 0 aliphatic heterocycles. The number of nitrogens with two attached hydrogens (primary N) is 1. The SMILES string of the molecule is CCC(C)CN(C)C(CN)c1ccc(SC)cc1. The molecule has 1 aromatic rings. The van der Waals surface area contributed by atoms with Crippen LogP contribution in [0.25, 0.3) is 0 Å². The molecule has 0 bridgehead atoms. The predicted octanol–water partition coefficient (Wildman–Crippen LogP) is 3.39. The van der Waals surface area contributed by atoms with Crippen molar-refractivity contribution in [2.24, 2.45) is 11.7 Å². The first-order valence-electron chi connectivity index (χ1n) is 6.66. The molecule has 2 unspecified atom stereocenters. The second-order valence-electron chi connectivity index (χ2n) is 4.98. The zero-order valence-electron chi connectivity index (χ0n) is 12.0. The lowest BCUT2D eigenvalue weighted by Gasteiger charge is -2.29. The molecule has 102 valence electrons. The number of hydrogen-bond acceptors (Lipinski definition) is 3. The highest BCUT2D eigenvalue weighted by molar-refractivity contribution is 7.98. The molecule has 0 radical (unpaired) electrons. The monoisotopic (exact) mass is 266 g/mol. The van der Waals surface area contributed by atoms with Gasteiger partial charge in [-0.25, -0.2) is 0 Å². The summed E-state index contributed by atoms with van der Waals surface area (Å²) in [6, 6.07) is 9.10. The average molecular weight is 266 g/mol. The minimum absolute atomic E-state index is 0.329. The van der Waals surface area contributed by atoms with Crippen molar-refractivity contribution in [2.45, 2.75) is 31.2 Å². The van der Waals surface area contributed by atoms with Crippen LogP contribution in [0.4, 0.5) is 0 Å². The number of nitrogens with zero attached hydrogens (tertiary/aromatic N) is 1. The van der Waals surface area contributed by atoms with Gasteiger partial charge in [0.05, 0.1) is 0 Å². The van der Waals surface area contributed by atoms with Crippen molar-refractivity contribution >= 4 is 11.8 Å². The number of thioether (sulfide) groups is 1. The van der Waals surface area contributed by atoms with Gasteiger partial charge < -0.3 is 5.73 Å². The van der Waals surface area contributed by atoms with Crippen molar-refractivity contribution in [1.82, 2.24) is 4.90 Å². The highest BCUT2D eigenvalue weighted by Crippen LogP contribution is 2.23. The summed E-state index contributed by atoms with van der Waals surface area (Å²) in [4.78, 5) is 3.68. The van der Waals surface area contributed by atoms with Gasteiger partial charge in [0.2, 0.25) is 0 Å². The number of rotatable bonds is 7. The van der Waals surface area contributed by atoms with Gasteiger partial charge in [0.15, 0.2) is 0 Å². The maximum atomic E-state index is 5.95. The third-order valence-corrected chi connectivity index (χ3v) is 4.30. The maximum absolute atomic E-state index is 5.95. The van der Waals surface area contributed by atoms with Gasteiger partial charge in [-0.1, -0.05) is 32.4 Å². The van der Waals surface area contributed by atoms with Crippen molar-refractivity contribution in [3.63, 3.8) is 0 Å². The van der Waals surface area contributed by atoms with E-state index in [1.165, 1.54) is 16.9 Å². The molecule has 0 heterocycles. The molecule has 0 spiro atoms. The number of hydrogen-bond donors (Lipinski definition) is 1. The third kappa shape index (κ3) is 4.30. The quantitative estimate of drug-likeness (QED) is 0.767. The molecule has 18 heavy (non-hydrogen) atoms. The zero-order chi connectivity index (χ0) is 13.5. The van der Waals surface area contributed by atoms with E-state index in [-0.39, 0.29) is 0 Å². The van der Waals surface area contributed by atoms with Crippen LogP contribution in [-0.2, 0) is 0 Å². The first-order chi connectivity index (χ1) is 8.62. The van der Waals surface area contributed by atoms with Crippen molar-refractivity contribution < 1.29 is 0 Å². The van der Waals surface area contributed by atoms with Gasteiger partial charge in [0.1, 0.15) is 0 Å². The number of likely N-dealkylation sites (N-methyl/N-ethyl adjacent to an activating group) is 1. The van der Waals surface area contributed by atoms with Gasteiger partial charge in [-0.15, -0.1) is 11.8 Å². The summed E-state index contributed by atoms with van der Waals surface area (Å²) in [7, 11) is 2.17. The fourth-order valence-corrected chi connectivity index (χ4v) is 2.55. The highest BCUT2D eigenvalue weighted by Gasteiger charge is 2.16. The van der Waals surface area contributed by atoms with Crippen molar-refractivity contribution in [1.29, 1.82) is 0 Å². The summed E-state index contributed by atoms with van der Waals surface area (Å²) in [5.74, 6) is 0.717. The van der Waals surface area contributed by atoms with Gasteiger partial charge in [-0.3, -0.25) is 4.90 Å². The van der Waals surface area contributed by atoms with E-state index in [4.69, 9.17) is 5.73 Å². The summed E-state index contributed by atoms with van der Waals surface area (Å²) < 4.78 is 0. The van der Waals surface area contributed by atoms with Gasteiger partial charge >= 0.3 is 0 Å². The van der Waals surface area contributed by atoms with Gasteiger partial charge in [0, 0.05) is 24.0 Å². The molecule has 2 atom stereocenters. The molecule has 1 aromatic carbocycles. The Morgan fingerprint density at radius 3 is 2.33 bits per heavy atom. The Morgan fingerprint density at radius 2 is 1.89 bits per heavy atom. The van der Waals surface area contributed by atoms with Crippen LogP contribution >= 0.6 is 11.8 Å². The molecule has 2 N–H and O–H groups in total. The third-order valence-electron chi connectivity index (χ3n) is 3.55. The van der Waals surface area contributed by atoms with Gasteiger partial charge in [-0.05, 0) is 36.9 Å². The maximum Gasteiger partial charge on any atom is 0.0467 e. The fourth-order valence-electron chi connectivity index (χ4n) is 2.14. The minimum atomic E-state index is 0.329. The Morgan fingerprint density at radius 1 is 1.28 bits per heavy atom. The summed E-state index contributed by atoms with van der Waals surface area (Å²) in [6.07, 6.45) is 3.32. The molecule has 3 heteroatoms. The summed E-state index contributed by atoms with van der Waals surface area (Å²) in [5, 5.41) is 0. The minimum Gasteiger partial charge on any atom is -0.329 e. The lowest BCUT2D eigenvalue weighted by molar-refractivity contribution is 0.215. The van der Waals surface area contributed by atoms with Crippen LogP contribution in [0.1, 0.15) is 31.9 Å². The predicted molar refractivity (Wildman–Crippen MR) is 82.1 cm³/mol. The Bertz CT molecular complexity index is 337. The first-order valence-corrected chi connectivity index (χ1v) is 7.89. The summed E-state index contributed by atoms with van der Waals surface area (Å²) >= 11 is 1.77. The van der Waals surface area contributed by atoms with Crippen molar-refractivity contribution in [3.05, 3.63) is 29.8 Å². The van der Waals surface area contributed by atoms with Gasteiger partial charge in [-0.2, -0.15) is 0 Å². The van der Waals surface area contributed by atoms with Crippen LogP contribution in [0.5, 0.6) is 0 Å². The molecule has 0 saturated carbocycles. The standard InChI is InChI=1S/C15H26N2S/c1-5-12(2)11-17(3)15(10-16)13-6-8-14(18-4)9-7-13/h6-9,12,15H,5,10-11,16H2,1-4H3. The highest BCUT2D eigenvalue weighted by atomic mass is 32.2. The van der Waals surface area contributed by atoms with E-state index in [1.54, 1.807) is 11.8 Å². The second-order valence-corrected chi connectivity index (χ2v) is 5.86. The van der Waals surface area contributed by atoms with E-state index in [1.807, 2.05) is 0 Å². The molecule has 0 saturated heterocycles. The molecule has 0 amide bonds. The Labute approximate surface area is 116 Å². The second kappa shape index (κ2) is 7.82. The van der Waals surface area contributed by atoms with Crippen LogP contribution in [0.2, 0.25) is 0 Å². The smallest absolute Gasteiger partial charge is 0.0467 e. The van der Waals surface area contributed by atoms with E-state index in [9.17, 15) is 0 Å². The van der Waals surface area contributed by atoms with Gasteiger partial charge in [0.25, 0.3) is 0 Å². The van der Waals surface area contributed by atoms with Crippen LogP contribution in [0.3, 0.4) is 0 Å². The Kier molecular flexibility index (Phi) is 6.76. The van der Waals surface area contributed by atoms with Crippen molar-refractivity contribution in [2.75, 3.05) is 26.4 Å². The Hall–Kier alpha value is -0.510. The molecule has 0 fully saturated rings. The van der Waals surface area contributed by atoms with E-state index in [0.29, 0.717) is 12.6 Å². The first kappa shape index (κ1) is 15.5. The molecular formula is C15H26N2S. The number of benzene rings is 1. The topological polar surface area (TPSA) is 29.3 Å². The molecule has 0 aliphatic rings. The molecule has 1 rings (SSSR count). The van der Waals surface area contributed by atoms with E-state index < -0.39 is 0 Å². The Balaban J connectivity index is 2.74. The summed E-state index contributed by atoms with van der Waals surface area (Å²) in [5.41, 5.74) is 7.27. The lowest BCUT2D eigenvalue weighted by atomic mass is 10.0. The van der Waals surface area contributed by atoms with Crippen LogP contribution in [0, 0.1) is 5.92 Å². The molecular weight excluding hydrogens is 240 g/mol. The van der Waals surface area contributed by atoms with Crippen LogP contribution in [-0.4, -0.2) is 31.3 Å². The molecule has 0 aliphatic carbocycles. The normalized spacial score (nSPS) is 14.8. The molecule has 0 aromatic heterocycles. The van der Waals surface area contributed by atoms with Crippen LogP contribution < -0.4 is 5.73 Å². The average Bonchev–Trinajstić information content (AvgIpc) is 2.40. The van der Waals surface area contributed by atoms with E-state index in [0.717, 1.165) is 12.5 Å². The lowest BCUT2D eigenvalue weighted by Crippen LogP contribution is -2.33.